The molecule has 2 heterocycles. The van der Waals surface area contributed by atoms with Crippen LogP contribution in [-0.4, -0.2) is 29.4 Å². The highest BCUT2D eigenvalue weighted by Gasteiger charge is 2.31. The number of rotatable bonds is 2. The van der Waals surface area contributed by atoms with E-state index in [1.807, 2.05) is 0 Å². The fraction of sp³-hybridized carbons (Fsp3) is 0.500. The zero-order valence-electron chi connectivity index (χ0n) is 10.6. The topological polar surface area (TPSA) is 76.0 Å². The van der Waals surface area contributed by atoms with Crippen molar-refractivity contribution in [3.05, 3.63) is 22.3 Å². The summed E-state index contributed by atoms with van der Waals surface area (Å²) in [6.45, 7) is 0.949. The van der Waals surface area contributed by atoms with Crippen LogP contribution in [0.25, 0.3) is 0 Å². The molecule has 0 fully saturated rings. The molecule has 5 nitrogen and oxygen atoms in total. The Hall–Kier alpha value is -1.75. The van der Waals surface area contributed by atoms with Crippen LogP contribution in [0.4, 0.5) is 0 Å². The van der Waals surface area contributed by atoms with Crippen LogP contribution in [0.1, 0.15) is 39.9 Å². The molecule has 0 aromatic heterocycles. The molecule has 0 bridgehead atoms. The van der Waals surface area contributed by atoms with E-state index in [0.717, 1.165) is 24.8 Å². The van der Waals surface area contributed by atoms with Gasteiger partial charge in [-0.3, -0.25) is 0 Å². The summed E-state index contributed by atoms with van der Waals surface area (Å²) >= 11 is 0. The van der Waals surface area contributed by atoms with Crippen molar-refractivity contribution < 1.29 is 24.5 Å². The third kappa shape index (κ3) is 1.85. The summed E-state index contributed by atoms with van der Waals surface area (Å²) in [5.41, 5.74) is 2.39. The van der Waals surface area contributed by atoms with Crippen molar-refractivity contribution in [3.63, 3.8) is 0 Å². The van der Waals surface area contributed by atoms with Crippen molar-refractivity contribution in [2.75, 3.05) is 13.2 Å². The van der Waals surface area contributed by atoms with Crippen molar-refractivity contribution in [1.82, 2.24) is 0 Å². The van der Waals surface area contributed by atoms with Gasteiger partial charge in [-0.15, -0.1) is 0 Å². The van der Waals surface area contributed by atoms with Crippen molar-refractivity contribution in [2.45, 2.75) is 32.3 Å². The van der Waals surface area contributed by atoms with Gasteiger partial charge in [-0.2, -0.15) is 0 Å². The van der Waals surface area contributed by atoms with Gasteiger partial charge in [-0.25, -0.2) is 4.79 Å². The van der Waals surface area contributed by atoms with E-state index < -0.39 is 5.97 Å². The van der Waals surface area contributed by atoms with Gasteiger partial charge < -0.3 is 19.7 Å². The Morgan fingerprint density at radius 1 is 1.05 bits per heavy atom. The number of fused-ring (bicyclic) bond motifs is 2. The Morgan fingerprint density at radius 2 is 1.68 bits per heavy atom. The summed E-state index contributed by atoms with van der Waals surface area (Å²) in [4.78, 5) is 11.5. The molecular weight excluding hydrogens is 248 g/mol. The molecule has 19 heavy (non-hydrogen) atoms. The standard InChI is InChI=1S/C14H16O5/c15-7-10-8-3-1-6-19-13(8)11(14(16)17)9-4-2-5-18-12(9)10/h15H,1-7H2,(H,16,17). The number of carboxylic acids is 1. The van der Waals surface area contributed by atoms with Crippen molar-refractivity contribution >= 4 is 5.97 Å². The SMILES string of the molecule is O=C(O)c1c2c(c(CO)c3c1OCCC3)OCCC2. The average Bonchev–Trinajstić information content (AvgIpc) is 2.44. The average molecular weight is 264 g/mol. The van der Waals surface area contributed by atoms with Crippen LogP contribution >= 0.6 is 0 Å². The molecule has 2 N–H and O–H groups in total. The minimum Gasteiger partial charge on any atom is -0.493 e. The van der Waals surface area contributed by atoms with Gasteiger partial charge in [0.2, 0.25) is 0 Å². The lowest BCUT2D eigenvalue weighted by Gasteiger charge is -2.29. The molecule has 102 valence electrons. The van der Waals surface area contributed by atoms with Crippen LogP contribution in [0.2, 0.25) is 0 Å². The van der Waals surface area contributed by atoms with E-state index in [-0.39, 0.29) is 12.2 Å². The quantitative estimate of drug-likeness (QED) is 0.847. The van der Waals surface area contributed by atoms with Gasteiger partial charge in [0, 0.05) is 16.7 Å². The fourth-order valence-electron chi connectivity index (χ4n) is 2.93. The number of ether oxygens (including phenoxy) is 2. The Morgan fingerprint density at radius 3 is 2.32 bits per heavy atom. The maximum absolute atomic E-state index is 11.5. The first kappa shape index (κ1) is 12.3. The lowest BCUT2D eigenvalue weighted by molar-refractivity contribution is 0.0687. The van der Waals surface area contributed by atoms with Crippen molar-refractivity contribution in [3.8, 4) is 11.5 Å². The zero-order chi connectivity index (χ0) is 13.4. The van der Waals surface area contributed by atoms with Crippen LogP contribution in [0.3, 0.4) is 0 Å². The van der Waals surface area contributed by atoms with E-state index in [2.05, 4.69) is 0 Å². The number of carbonyl (C=O) groups is 1. The van der Waals surface area contributed by atoms with Gasteiger partial charge in [0.1, 0.15) is 17.1 Å². The lowest BCUT2D eigenvalue weighted by atomic mass is 9.89. The lowest BCUT2D eigenvalue weighted by Crippen LogP contribution is -2.21. The van der Waals surface area contributed by atoms with E-state index in [4.69, 9.17) is 9.47 Å². The van der Waals surface area contributed by atoms with E-state index >= 15 is 0 Å². The fourth-order valence-corrected chi connectivity index (χ4v) is 2.93. The van der Waals surface area contributed by atoms with Crippen LogP contribution < -0.4 is 9.47 Å². The van der Waals surface area contributed by atoms with Gasteiger partial charge in [0.05, 0.1) is 19.8 Å². The molecule has 2 aliphatic rings. The minimum absolute atomic E-state index is 0.145. The second-order valence-electron chi connectivity index (χ2n) is 4.84. The van der Waals surface area contributed by atoms with E-state index in [1.54, 1.807) is 0 Å². The zero-order valence-corrected chi connectivity index (χ0v) is 10.6. The Labute approximate surface area is 110 Å². The number of aromatic carboxylic acids is 1. The molecule has 1 aromatic rings. The van der Waals surface area contributed by atoms with Gasteiger partial charge in [0.15, 0.2) is 0 Å². The molecule has 2 aliphatic heterocycles. The predicted octanol–water partition coefficient (Wildman–Crippen LogP) is 1.53. The summed E-state index contributed by atoms with van der Waals surface area (Å²) in [5, 5.41) is 19.1. The first-order valence-electron chi connectivity index (χ1n) is 6.54. The second kappa shape index (κ2) is 4.74. The first-order valence-corrected chi connectivity index (χ1v) is 6.54. The molecule has 0 atom stereocenters. The minimum atomic E-state index is -0.982. The van der Waals surface area contributed by atoms with Gasteiger partial charge >= 0.3 is 5.97 Å². The monoisotopic (exact) mass is 264 g/mol. The summed E-state index contributed by atoms with van der Waals surface area (Å²) in [6.07, 6.45) is 3.00. The molecule has 0 radical (unpaired) electrons. The summed E-state index contributed by atoms with van der Waals surface area (Å²) in [7, 11) is 0. The normalized spacial score (nSPS) is 16.9. The molecule has 0 unspecified atom stereocenters. The highest BCUT2D eigenvalue weighted by molar-refractivity contribution is 5.95. The van der Waals surface area contributed by atoms with E-state index in [9.17, 15) is 15.0 Å². The molecule has 0 aliphatic carbocycles. The summed E-state index contributed by atoms with van der Waals surface area (Å²) < 4.78 is 11.2. The second-order valence-corrected chi connectivity index (χ2v) is 4.84. The number of aliphatic hydroxyl groups is 1. The summed E-state index contributed by atoms with van der Waals surface area (Å²) in [6, 6.07) is 0. The van der Waals surface area contributed by atoms with Gasteiger partial charge in [-0.1, -0.05) is 0 Å². The van der Waals surface area contributed by atoms with Crippen molar-refractivity contribution in [1.29, 1.82) is 0 Å². The third-order valence-corrected chi connectivity index (χ3v) is 3.72. The smallest absolute Gasteiger partial charge is 0.339 e. The number of carboxylic acid groups (broad SMARTS) is 1. The predicted molar refractivity (Wildman–Crippen MR) is 67.0 cm³/mol. The van der Waals surface area contributed by atoms with Crippen LogP contribution in [0, 0.1) is 0 Å². The summed E-state index contributed by atoms with van der Waals surface area (Å²) in [5.74, 6) is 0.0202. The highest BCUT2D eigenvalue weighted by atomic mass is 16.5. The van der Waals surface area contributed by atoms with Gasteiger partial charge in [-0.05, 0) is 25.7 Å². The Bertz CT molecular complexity index is 498. The highest BCUT2D eigenvalue weighted by Crippen LogP contribution is 2.43. The molecule has 0 saturated heterocycles. The molecule has 3 rings (SSSR count). The van der Waals surface area contributed by atoms with Crippen LogP contribution in [0.15, 0.2) is 0 Å². The van der Waals surface area contributed by atoms with Gasteiger partial charge in [0.25, 0.3) is 0 Å². The molecule has 0 amide bonds. The molecular formula is C14H16O5. The van der Waals surface area contributed by atoms with E-state index in [1.165, 1.54) is 0 Å². The number of hydrogen-bond donors (Lipinski definition) is 2. The number of aliphatic hydroxyl groups excluding tert-OH is 1. The van der Waals surface area contributed by atoms with Crippen LogP contribution in [0.5, 0.6) is 11.5 Å². The van der Waals surface area contributed by atoms with Crippen LogP contribution in [-0.2, 0) is 19.4 Å². The molecule has 0 saturated carbocycles. The first-order chi connectivity index (χ1) is 9.24. The van der Waals surface area contributed by atoms with Crippen molar-refractivity contribution in [2.24, 2.45) is 0 Å². The van der Waals surface area contributed by atoms with E-state index in [0.29, 0.717) is 42.3 Å². The molecule has 5 heteroatoms. The molecule has 1 aromatic carbocycles. The Balaban J connectivity index is 2.31. The molecule has 0 spiro atoms. The largest absolute Gasteiger partial charge is 0.493 e. The Kier molecular flexibility index (Phi) is 3.06. The maximum atomic E-state index is 11.5. The maximum Gasteiger partial charge on any atom is 0.339 e. The number of hydrogen-bond acceptors (Lipinski definition) is 4. The third-order valence-electron chi connectivity index (χ3n) is 3.72. The number of benzene rings is 1.